The van der Waals surface area contributed by atoms with Gasteiger partial charge in [-0.05, 0) is 18.6 Å². The van der Waals surface area contributed by atoms with E-state index < -0.39 is 34.4 Å². The zero-order chi connectivity index (χ0) is 25.1. The summed E-state index contributed by atoms with van der Waals surface area (Å²) < 4.78 is 42.0. The molecule has 0 N–H and O–H groups in total. The number of carbonyl (C=O) groups excluding carboxylic acids is 2. The van der Waals surface area contributed by atoms with Gasteiger partial charge in [-0.3, -0.25) is 0 Å². The van der Waals surface area contributed by atoms with Gasteiger partial charge >= 0.3 is 41.5 Å². The number of rotatable bonds is 20. The first-order valence-corrected chi connectivity index (χ1v) is 14.3. The Kier molecular flexibility index (Phi) is 20.6. The second-order valence-corrected chi connectivity index (χ2v) is 10.2. The van der Waals surface area contributed by atoms with Gasteiger partial charge in [0.1, 0.15) is 6.61 Å². The Bertz CT molecular complexity index is 812. The van der Waals surface area contributed by atoms with Crippen molar-refractivity contribution in [3.05, 3.63) is 35.4 Å². The minimum absolute atomic E-state index is 0. The molecule has 0 saturated carbocycles. The van der Waals surface area contributed by atoms with Gasteiger partial charge in [0.25, 0.3) is 0 Å². The molecule has 0 aliphatic carbocycles. The van der Waals surface area contributed by atoms with Crippen LogP contribution in [0.1, 0.15) is 118 Å². The fourth-order valence-electron chi connectivity index (χ4n) is 3.69. The van der Waals surface area contributed by atoms with Crippen LogP contribution in [-0.2, 0) is 19.6 Å². The van der Waals surface area contributed by atoms with Gasteiger partial charge in [-0.25, -0.2) is 18.0 Å². The van der Waals surface area contributed by atoms with Crippen LogP contribution < -0.4 is 29.6 Å². The maximum atomic E-state index is 12.4. The summed E-state index contributed by atoms with van der Waals surface area (Å²) in [4.78, 5) is 24.5. The summed E-state index contributed by atoms with van der Waals surface area (Å²) >= 11 is 0. The van der Waals surface area contributed by atoms with Gasteiger partial charge in [0.05, 0.1) is 33.6 Å². The maximum absolute atomic E-state index is 12.4. The number of benzene rings is 1. The standard InChI is InChI=1S/C26H42O7S.Na/c1-2-3-4-5-6-7-8-9-10-11-12-13-14-17-20-32-25(27)23-18-15-16-19-24(23)26(28)33-21-22-34(29,30)31;/h15-16,18-19H,2-14,17,20-22H2,1H3,(H,29,30,31);/q;+1/p-1. The molecule has 1 rings (SSSR count). The SMILES string of the molecule is CCCCCCCCCCCCCCCCOC(=O)c1ccccc1C(=O)OCCS(=O)(=O)[O-].[Na+]. The predicted octanol–water partition coefficient (Wildman–Crippen LogP) is 3.03. The second-order valence-electron chi connectivity index (χ2n) is 8.68. The van der Waals surface area contributed by atoms with Gasteiger partial charge in [0, 0.05) is 0 Å². The van der Waals surface area contributed by atoms with Crippen molar-refractivity contribution in [3.63, 3.8) is 0 Å². The molecular weight excluding hydrogens is 479 g/mol. The summed E-state index contributed by atoms with van der Waals surface area (Å²) in [5, 5.41) is 0. The van der Waals surface area contributed by atoms with Crippen molar-refractivity contribution in [2.24, 2.45) is 0 Å². The van der Waals surface area contributed by atoms with E-state index in [9.17, 15) is 22.6 Å². The number of unbranched alkanes of at least 4 members (excludes halogenated alkanes) is 13. The van der Waals surface area contributed by atoms with Crippen molar-refractivity contribution in [3.8, 4) is 0 Å². The van der Waals surface area contributed by atoms with E-state index in [1.807, 2.05) is 0 Å². The van der Waals surface area contributed by atoms with Crippen molar-refractivity contribution in [1.29, 1.82) is 0 Å². The predicted molar refractivity (Wildman–Crippen MR) is 132 cm³/mol. The minimum atomic E-state index is -4.48. The molecule has 0 saturated heterocycles. The smallest absolute Gasteiger partial charge is 0.748 e. The van der Waals surface area contributed by atoms with Crippen LogP contribution >= 0.6 is 0 Å². The maximum Gasteiger partial charge on any atom is 1.00 e. The Balaban J connectivity index is 0.0000116. The van der Waals surface area contributed by atoms with Gasteiger partial charge in [-0.15, -0.1) is 0 Å². The number of esters is 2. The van der Waals surface area contributed by atoms with Crippen LogP contribution in [0.5, 0.6) is 0 Å². The minimum Gasteiger partial charge on any atom is -0.748 e. The molecule has 0 unspecified atom stereocenters. The zero-order valence-electron chi connectivity index (χ0n) is 21.6. The first-order chi connectivity index (χ1) is 16.3. The summed E-state index contributed by atoms with van der Waals surface area (Å²) in [6.45, 7) is 1.95. The molecule has 9 heteroatoms. The van der Waals surface area contributed by atoms with Crippen LogP contribution in [0.4, 0.5) is 0 Å². The first kappa shape index (κ1) is 34.1. The summed E-state index contributed by atoms with van der Waals surface area (Å²) in [6, 6.07) is 6.01. The van der Waals surface area contributed by atoms with Gasteiger partial charge in [0.15, 0.2) is 0 Å². The van der Waals surface area contributed by atoms with E-state index in [4.69, 9.17) is 9.47 Å². The first-order valence-electron chi connectivity index (χ1n) is 12.7. The van der Waals surface area contributed by atoms with E-state index in [2.05, 4.69) is 6.92 Å². The topological polar surface area (TPSA) is 110 Å². The third-order valence-electron chi connectivity index (χ3n) is 5.66. The van der Waals surface area contributed by atoms with E-state index in [1.54, 1.807) is 12.1 Å². The van der Waals surface area contributed by atoms with E-state index in [1.165, 1.54) is 82.8 Å². The fourth-order valence-corrected chi connectivity index (χ4v) is 3.98. The Morgan fingerprint density at radius 1 is 0.686 bits per heavy atom. The monoisotopic (exact) mass is 520 g/mol. The molecule has 0 aliphatic heterocycles. The van der Waals surface area contributed by atoms with Crippen molar-refractivity contribution in [1.82, 2.24) is 0 Å². The molecule has 0 amide bonds. The third-order valence-corrected chi connectivity index (χ3v) is 6.33. The molecule has 0 aliphatic rings. The van der Waals surface area contributed by atoms with Gasteiger partial charge in [-0.1, -0.05) is 103 Å². The molecule has 0 fully saturated rings. The zero-order valence-corrected chi connectivity index (χ0v) is 24.4. The Hall–Kier alpha value is -0.930. The van der Waals surface area contributed by atoms with Gasteiger partial charge < -0.3 is 14.0 Å². The summed E-state index contributed by atoms with van der Waals surface area (Å²) in [5.74, 6) is -2.31. The fraction of sp³-hybridized carbons (Fsp3) is 0.692. The average molecular weight is 521 g/mol. The largest absolute Gasteiger partial charge is 1.00 e. The molecule has 1 aromatic carbocycles. The van der Waals surface area contributed by atoms with E-state index in [0.717, 1.165) is 19.3 Å². The third kappa shape index (κ3) is 18.0. The number of hydrogen-bond donors (Lipinski definition) is 0. The van der Waals surface area contributed by atoms with Crippen LogP contribution in [0.2, 0.25) is 0 Å². The van der Waals surface area contributed by atoms with Crippen molar-refractivity contribution < 1.29 is 61.6 Å². The average Bonchev–Trinajstić information content (AvgIpc) is 2.80. The Morgan fingerprint density at radius 3 is 1.46 bits per heavy atom. The molecule has 35 heavy (non-hydrogen) atoms. The van der Waals surface area contributed by atoms with Gasteiger partial charge in [-0.2, -0.15) is 0 Å². The van der Waals surface area contributed by atoms with E-state index in [-0.39, 0.29) is 47.3 Å². The second kappa shape index (κ2) is 21.2. The van der Waals surface area contributed by atoms with Crippen LogP contribution in [0, 0.1) is 0 Å². The molecule has 0 bridgehead atoms. The molecule has 0 aromatic heterocycles. The summed E-state index contributed by atoms with van der Waals surface area (Å²) in [7, 11) is -4.48. The normalized spacial score (nSPS) is 11.0. The molecule has 0 heterocycles. The Labute approximate surface area is 233 Å². The van der Waals surface area contributed by atoms with E-state index >= 15 is 0 Å². The molecule has 0 atom stereocenters. The molecular formula is C26H41NaO7S. The van der Waals surface area contributed by atoms with Crippen LogP contribution in [0.15, 0.2) is 24.3 Å². The van der Waals surface area contributed by atoms with Crippen LogP contribution in [-0.4, -0.2) is 43.9 Å². The van der Waals surface area contributed by atoms with Crippen LogP contribution in [0.3, 0.4) is 0 Å². The van der Waals surface area contributed by atoms with Gasteiger partial charge in [0.2, 0.25) is 0 Å². The summed E-state index contributed by atoms with van der Waals surface area (Å²) in [5.41, 5.74) is 0.0413. The quantitative estimate of drug-likeness (QED) is 0.112. The summed E-state index contributed by atoms with van der Waals surface area (Å²) in [6.07, 6.45) is 17.4. The van der Waals surface area contributed by atoms with Crippen molar-refractivity contribution in [2.45, 2.75) is 96.8 Å². The molecule has 1 aromatic rings. The molecule has 0 radical (unpaired) electrons. The van der Waals surface area contributed by atoms with Crippen molar-refractivity contribution >= 4 is 22.1 Å². The number of carbonyl (C=O) groups is 2. The number of hydrogen-bond acceptors (Lipinski definition) is 7. The molecule has 194 valence electrons. The Morgan fingerprint density at radius 2 is 1.06 bits per heavy atom. The van der Waals surface area contributed by atoms with E-state index in [0.29, 0.717) is 0 Å². The number of ether oxygens (including phenoxy) is 2. The molecule has 7 nitrogen and oxygen atoms in total. The van der Waals surface area contributed by atoms with Crippen LogP contribution in [0.25, 0.3) is 0 Å². The molecule has 0 spiro atoms. The van der Waals surface area contributed by atoms with Crippen molar-refractivity contribution in [2.75, 3.05) is 19.0 Å².